The van der Waals surface area contributed by atoms with Gasteiger partial charge in [-0.05, 0) is 42.0 Å². The summed E-state index contributed by atoms with van der Waals surface area (Å²) in [4.78, 5) is 28.2. The van der Waals surface area contributed by atoms with E-state index < -0.39 is 0 Å². The molecule has 0 saturated carbocycles. The summed E-state index contributed by atoms with van der Waals surface area (Å²) in [7, 11) is 3.15. The number of nitrogens with zero attached hydrogens (tertiary/aromatic N) is 3. The highest BCUT2D eigenvalue weighted by atomic mass is 32.2. The third-order valence-electron chi connectivity index (χ3n) is 6.56. The minimum atomic E-state index is -0.344. The monoisotopic (exact) mass is 560 g/mol. The van der Waals surface area contributed by atoms with Crippen LogP contribution in [-0.2, 0) is 14.3 Å². The molecule has 1 aromatic heterocycles. The third kappa shape index (κ3) is 5.73. The van der Waals surface area contributed by atoms with Gasteiger partial charge in [0.05, 0.1) is 36.1 Å². The summed E-state index contributed by atoms with van der Waals surface area (Å²) in [6.45, 7) is 0.488. The average molecular weight is 561 g/mol. The number of aromatic nitrogens is 2. The lowest BCUT2D eigenvalue weighted by molar-refractivity contribution is -0.123. The highest BCUT2D eigenvalue weighted by Gasteiger charge is 2.37. The quantitative estimate of drug-likeness (QED) is 0.301. The Bertz CT molecular complexity index is 1480. The second-order valence-corrected chi connectivity index (χ2v) is 10.2. The van der Waals surface area contributed by atoms with Gasteiger partial charge in [-0.25, -0.2) is 9.07 Å². The lowest BCUT2D eigenvalue weighted by atomic mass is 9.99. The zero-order valence-corrected chi connectivity index (χ0v) is 23.0. The van der Waals surface area contributed by atoms with Gasteiger partial charge in [0.1, 0.15) is 23.9 Å². The molecule has 1 aliphatic rings. The van der Waals surface area contributed by atoms with Crippen molar-refractivity contribution in [3.63, 3.8) is 0 Å². The Kier molecular flexibility index (Phi) is 8.47. The summed E-state index contributed by atoms with van der Waals surface area (Å²) in [5.41, 5.74) is 3.83. The molecular weight excluding hydrogens is 531 g/mol. The minimum absolute atomic E-state index is 0.124. The zero-order valence-electron chi connectivity index (χ0n) is 22.2. The van der Waals surface area contributed by atoms with Crippen LogP contribution in [0.15, 0.2) is 78.9 Å². The van der Waals surface area contributed by atoms with Crippen LogP contribution in [-0.4, -0.2) is 61.3 Å². The number of amides is 2. The summed E-state index contributed by atoms with van der Waals surface area (Å²) < 4.78 is 26.0. The fourth-order valence-electron chi connectivity index (χ4n) is 4.62. The average Bonchev–Trinajstić information content (AvgIpc) is 3.31. The number of ether oxygens (including phenoxy) is 2. The molecule has 0 aliphatic carbocycles. The molecule has 40 heavy (non-hydrogen) atoms. The lowest BCUT2D eigenvalue weighted by Gasteiger charge is -2.23. The zero-order chi connectivity index (χ0) is 28.1. The number of carbonyl (C=O) groups is 2. The minimum Gasteiger partial charge on any atom is -0.497 e. The molecule has 2 heterocycles. The number of nitrogens with one attached hydrogen (secondary N) is 1. The van der Waals surface area contributed by atoms with Gasteiger partial charge in [-0.2, -0.15) is 5.10 Å². The smallest absolute Gasteiger partial charge is 0.240 e. The second kappa shape index (κ2) is 12.4. The van der Waals surface area contributed by atoms with Crippen molar-refractivity contribution in [1.82, 2.24) is 15.1 Å². The van der Waals surface area contributed by atoms with Gasteiger partial charge >= 0.3 is 0 Å². The van der Waals surface area contributed by atoms with E-state index in [1.165, 1.54) is 28.8 Å². The van der Waals surface area contributed by atoms with Crippen LogP contribution in [0, 0.1) is 5.82 Å². The van der Waals surface area contributed by atoms with Crippen molar-refractivity contribution in [2.45, 2.75) is 5.25 Å². The van der Waals surface area contributed by atoms with Crippen molar-refractivity contribution in [3.05, 3.63) is 95.8 Å². The van der Waals surface area contributed by atoms with Gasteiger partial charge in [-0.15, -0.1) is 11.8 Å². The lowest BCUT2D eigenvalue weighted by Crippen LogP contribution is -2.43. The van der Waals surface area contributed by atoms with Crippen molar-refractivity contribution in [2.24, 2.45) is 0 Å². The molecule has 0 bridgehead atoms. The van der Waals surface area contributed by atoms with Crippen LogP contribution < -0.4 is 15.0 Å². The van der Waals surface area contributed by atoms with E-state index >= 15 is 0 Å². The van der Waals surface area contributed by atoms with Crippen molar-refractivity contribution in [3.8, 4) is 22.7 Å². The molecule has 3 aromatic carbocycles. The normalized spacial score (nSPS) is 14.9. The molecule has 0 unspecified atom stereocenters. The van der Waals surface area contributed by atoms with E-state index in [0.29, 0.717) is 36.1 Å². The molecule has 1 atom stereocenters. The molecule has 8 nitrogen and oxygen atoms in total. The number of anilines is 1. The Hall–Kier alpha value is -4.15. The molecule has 4 aromatic rings. The summed E-state index contributed by atoms with van der Waals surface area (Å²) in [6.07, 6.45) is 0. The molecule has 1 N–H and O–H groups in total. The first-order valence-corrected chi connectivity index (χ1v) is 13.8. The Morgan fingerprint density at radius 2 is 1.77 bits per heavy atom. The number of methoxy groups -OCH3 is 2. The van der Waals surface area contributed by atoms with Crippen LogP contribution in [0.1, 0.15) is 16.4 Å². The first-order chi connectivity index (χ1) is 19.5. The molecule has 206 valence electrons. The van der Waals surface area contributed by atoms with Gasteiger partial charge in [-0.3, -0.25) is 14.5 Å². The van der Waals surface area contributed by atoms with Crippen LogP contribution in [0.4, 0.5) is 10.2 Å². The summed E-state index contributed by atoms with van der Waals surface area (Å²) in [6, 6.07) is 23.3. The predicted molar refractivity (Wildman–Crippen MR) is 153 cm³/mol. The van der Waals surface area contributed by atoms with Crippen LogP contribution in [0.25, 0.3) is 16.9 Å². The molecule has 1 aliphatic heterocycles. The fourth-order valence-corrected chi connectivity index (χ4v) is 5.82. The summed E-state index contributed by atoms with van der Waals surface area (Å²) in [5, 5.41) is 7.50. The van der Waals surface area contributed by atoms with Crippen LogP contribution in [0.5, 0.6) is 5.75 Å². The van der Waals surface area contributed by atoms with Crippen LogP contribution in [0.2, 0.25) is 0 Å². The maximum Gasteiger partial charge on any atom is 0.240 e. The molecule has 5 rings (SSSR count). The van der Waals surface area contributed by atoms with Gasteiger partial charge in [-0.1, -0.05) is 42.5 Å². The van der Waals surface area contributed by atoms with Crippen molar-refractivity contribution < 1.29 is 23.5 Å². The van der Waals surface area contributed by atoms with Crippen LogP contribution in [0.3, 0.4) is 0 Å². The maximum atomic E-state index is 13.9. The van der Waals surface area contributed by atoms with E-state index in [2.05, 4.69) is 5.32 Å². The fraction of sp³-hybridized carbons (Fsp3) is 0.233. The van der Waals surface area contributed by atoms with Gasteiger partial charge < -0.3 is 14.8 Å². The van der Waals surface area contributed by atoms with Gasteiger partial charge in [0, 0.05) is 24.8 Å². The molecule has 10 heteroatoms. The Morgan fingerprint density at radius 1 is 1.05 bits per heavy atom. The van der Waals surface area contributed by atoms with Crippen LogP contribution >= 0.6 is 11.8 Å². The topological polar surface area (TPSA) is 85.7 Å². The summed E-state index contributed by atoms with van der Waals surface area (Å²) >= 11 is 1.43. The predicted octanol–water partition coefficient (Wildman–Crippen LogP) is 4.62. The SMILES string of the molecule is COCCNC(=O)CN1C(=O)CS[C@@H](c2ccc(F)cc2)c2c(-c3ccccc3)nn(-c3ccc(OC)cc3)c21. The Balaban J connectivity index is 1.74. The highest BCUT2D eigenvalue weighted by Crippen LogP contribution is 2.48. The number of hydrogen-bond donors (Lipinski definition) is 1. The highest BCUT2D eigenvalue weighted by molar-refractivity contribution is 8.00. The molecule has 0 radical (unpaired) electrons. The van der Waals surface area contributed by atoms with Crippen molar-refractivity contribution >= 4 is 29.4 Å². The Morgan fingerprint density at radius 3 is 2.45 bits per heavy atom. The van der Waals surface area contributed by atoms with Crippen molar-refractivity contribution in [2.75, 3.05) is 44.6 Å². The van der Waals surface area contributed by atoms with Gasteiger partial charge in [0.25, 0.3) is 0 Å². The van der Waals surface area contributed by atoms with E-state index in [1.807, 2.05) is 54.6 Å². The molecule has 2 amide bonds. The Labute approximate surface area is 236 Å². The maximum absolute atomic E-state index is 13.9. The number of rotatable bonds is 9. The molecule has 0 spiro atoms. The van der Waals surface area contributed by atoms with E-state index in [9.17, 15) is 14.0 Å². The van der Waals surface area contributed by atoms with E-state index in [0.717, 1.165) is 16.7 Å². The summed E-state index contributed by atoms with van der Waals surface area (Å²) in [5.74, 6) is 0.409. The van der Waals surface area contributed by atoms with Crippen molar-refractivity contribution in [1.29, 1.82) is 0 Å². The molecular formula is C30H29FN4O4S. The number of benzene rings is 3. The number of carbonyl (C=O) groups excluding carboxylic acids is 2. The number of halogens is 1. The largest absolute Gasteiger partial charge is 0.497 e. The first kappa shape index (κ1) is 27.4. The number of thioether (sulfide) groups is 1. The molecule has 0 fully saturated rings. The van der Waals surface area contributed by atoms with E-state index in [1.54, 1.807) is 31.0 Å². The van der Waals surface area contributed by atoms with E-state index in [-0.39, 0.29) is 35.2 Å². The van der Waals surface area contributed by atoms with E-state index in [4.69, 9.17) is 14.6 Å². The second-order valence-electron chi connectivity index (χ2n) is 9.13. The number of fused-ring (bicyclic) bond motifs is 1. The standard InChI is InChI=1S/C30H29FN4O4S/c1-38-17-16-32-25(36)18-34-26(37)19-40-29(21-8-10-22(31)11-9-21)27-28(20-6-4-3-5-7-20)33-35(30(27)34)23-12-14-24(39-2)15-13-23/h3-15,29H,16-19H2,1-2H3,(H,32,36)/t29-/m0/s1. The number of hydrogen-bond acceptors (Lipinski definition) is 6. The third-order valence-corrected chi connectivity index (χ3v) is 7.81. The van der Waals surface area contributed by atoms with Gasteiger partial charge in [0.15, 0.2) is 0 Å². The van der Waals surface area contributed by atoms with Gasteiger partial charge in [0.2, 0.25) is 11.8 Å². The molecule has 0 saturated heterocycles. The first-order valence-electron chi connectivity index (χ1n) is 12.8.